The summed E-state index contributed by atoms with van der Waals surface area (Å²) in [6, 6.07) is 3.59. The molecule has 2 rings (SSSR count). The first-order valence-corrected chi connectivity index (χ1v) is 3.85. The first-order chi connectivity index (χ1) is 6.31. The molecule has 0 aliphatic carbocycles. The van der Waals surface area contributed by atoms with Crippen LogP contribution < -0.4 is 0 Å². The van der Waals surface area contributed by atoms with Crippen molar-refractivity contribution in [1.29, 1.82) is 5.26 Å². The highest BCUT2D eigenvalue weighted by atomic mass is 35.5. The first-order valence-electron chi connectivity index (χ1n) is 3.47. The van der Waals surface area contributed by atoms with Crippen LogP contribution in [-0.4, -0.2) is 15.0 Å². The number of nitrogens with zero attached hydrogens (tertiary/aromatic N) is 4. The second-order valence-electron chi connectivity index (χ2n) is 2.37. The summed E-state index contributed by atoms with van der Waals surface area (Å²) >= 11 is 5.79. The van der Waals surface area contributed by atoms with Crippen molar-refractivity contribution in [3.05, 3.63) is 29.3 Å². The van der Waals surface area contributed by atoms with E-state index >= 15 is 0 Å². The highest BCUT2D eigenvalue weighted by molar-refractivity contribution is 6.33. The van der Waals surface area contributed by atoms with Crippen molar-refractivity contribution in [3.8, 4) is 6.07 Å². The molecular weight excluding hydrogens is 188 g/mol. The number of halogens is 1. The van der Waals surface area contributed by atoms with Gasteiger partial charge in [-0.25, -0.2) is 15.0 Å². The third-order valence-electron chi connectivity index (χ3n) is 1.57. The number of nitriles is 1. The van der Waals surface area contributed by atoms with Crippen LogP contribution in [-0.2, 0) is 0 Å². The lowest BCUT2D eigenvalue weighted by Gasteiger charge is -1.96. The fraction of sp³-hybridized carbons (Fsp3) is 0. The minimum Gasteiger partial charge on any atom is -0.235 e. The van der Waals surface area contributed by atoms with Gasteiger partial charge in [-0.1, -0.05) is 11.6 Å². The fourth-order valence-electron chi connectivity index (χ4n) is 0.977. The second-order valence-corrected chi connectivity index (χ2v) is 2.73. The van der Waals surface area contributed by atoms with Crippen molar-refractivity contribution < 1.29 is 0 Å². The third-order valence-corrected chi connectivity index (χ3v) is 1.87. The Morgan fingerprint density at radius 3 is 2.92 bits per heavy atom. The van der Waals surface area contributed by atoms with Gasteiger partial charge in [0.05, 0.1) is 10.9 Å². The Labute approximate surface area is 78.8 Å². The quantitative estimate of drug-likeness (QED) is 0.592. The molecular formula is C8H3ClN4. The Morgan fingerprint density at radius 1 is 1.31 bits per heavy atom. The Hall–Kier alpha value is -1.73. The van der Waals surface area contributed by atoms with Gasteiger partial charge in [0.2, 0.25) is 0 Å². The largest absolute Gasteiger partial charge is 0.235 e. The molecule has 4 nitrogen and oxygen atoms in total. The number of hydrogen-bond donors (Lipinski definition) is 0. The molecule has 2 aromatic rings. The van der Waals surface area contributed by atoms with Crippen molar-refractivity contribution in [3.63, 3.8) is 0 Å². The zero-order valence-electron chi connectivity index (χ0n) is 6.40. The molecule has 62 valence electrons. The number of aromatic nitrogens is 3. The molecule has 2 heterocycles. The van der Waals surface area contributed by atoms with Gasteiger partial charge in [-0.15, -0.1) is 0 Å². The lowest BCUT2D eigenvalue weighted by Crippen LogP contribution is -1.88. The summed E-state index contributed by atoms with van der Waals surface area (Å²) in [7, 11) is 0. The minimum atomic E-state index is 0.314. The van der Waals surface area contributed by atoms with E-state index in [9.17, 15) is 0 Å². The molecule has 0 fully saturated rings. The van der Waals surface area contributed by atoms with Gasteiger partial charge in [0.15, 0.2) is 5.65 Å². The van der Waals surface area contributed by atoms with Crippen LogP contribution >= 0.6 is 11.6 Å². The molecule has 0 aliphatic rings. The van der Waals surface area contributed by atoms with Gasteiger partial charge in [-0.2, -0.15) is 5.26 Å². The molecule has 0 aromatic carbocycles. The Bertz CT molecular complexity index is 503. The topological polar surface area (TPSA) is 62.5 Å². The van der Waals surface area contributed by atoms with Crippen LogP contribution in [0.15, 0.2) is 18.6 Å². The Balaban J connectivity index is 2.84. The van der Waals surface area contributed by atoms with Crippen LogP contribution in [0.5, 0.6) is 0 Å². The highest BCUT2D eigenvalue weighted by Gasteiger charge is 2.02. The van der Waals surface area contributed by atoms with Crippen molar-refractivity contribution >= 4 is 22.6 Å². The molecule has 0 saturated heterocycles. The SMILES string of the molecule is N#Cc1cnc2ncnc(Cl)c2c1. The third kappa shape index (κ3) is 1.30. The molecule has 13 heavy (non-hydrogen) atoms. The normalized spacial score (nSPS) is 9.85. The first kappa shape index (κ1) is 7.90. The van der Waals surface area contributed by atoms with Crippen molar-refractivity contribution in [2.45, 2.75) is 0 Å². The Morgan fingerprint density at radius 2 is 2.15 bits per heavy atom. The van der Waals surface area contributed by atoms with E-state index in [1.807, 2.05) is 6.07 Å². The van der Waals surface area contributed by atoms with E-state index in [-0.39, 0.29) is 0 Å². The molecule has 0 N–H and O–H groups in total. The average molecular weight is 191 g/mol. The summed E-state index contributed by atoms with van der Waals surface area (Å²) in [6.07, 6.45) is 2.79. The van der Waals surface area contributed by atoms with E-state index in [1.54, 1.807) is 6.07 Å². The molecule has 2 aromatic heterocycles. The molecule has 0 aliphatic heterocycles. The minimum absolute atomic E-state index is 0.314. The van der Waals surface area contributed by atoms with Gasteiger partial charge < -0.3 is 0 Å². The molecule has 0 radical (unpaired) electrons. The van der Waals surface area contributed by atoms with E-state index < -0.39 is 0 Å². The van der Waals surface area contributed by atoms with Gasteiger partial charge >= 0.3 is 0 Å². The number of hydrogen-bond acceptors (Lipinski definition) is 4. The maximum Gasteiger partial charge on any atom is 0.164 e. The van der Waals surface area contributed by atoms with E-state index in [1.165, 1.54) is 12.5 Å². The zero-order chi connectivity index (χ0) is 9.26. The molecule has 0 bridgehead atoms. The summed E-state index contributed by atoms with van der Waals surface area (Å²) in [5.41, 5.74) is 0.947. The summed E-state index contributed by atoms with van der Waals surface area (Å²) in [5.74, 6) is 0. The van der Waals surface area contributed by atoms with Gasteiger partial charge in [0.1, 0.15) is 17.5 Å². The van der Waals surface area contributed by atoms with Crippen LogP contribution in [0.25, 0.3) is 11.0 Å². The summed E-state index contributed by atoms with van der Waals surface area (Å²) in [5, 5.41) is 9.53. The molecule has 0 spiro atoms. The highest BCUT2D eigenvalue weighted by Crippen LogP contribution is 2.17. The van der Waals surface area contributed by atoms with Crippen LogP contribution in [0, 0.1) is 11.3 Å². The summed E-state index contributed by atoms with van der Waals surface area (Å²) in [6.45, 7) is 0. The van der Waals surface area contributed by atoms with Gasteiger partial charge in [-0.05, 0) is 6.07 Å². The number of fused-ring (bicyclic) bond motifs is 1. The van der Waals surface area contributed by atoms with E-state index in [2.05, 4.69) is 15.0 Å². The number of pyridine rings is 1. The molecule has 0 saturated carbocycles. The molecule has 0 atom stereocenters. The van der Waals surface area contributed by atoms with E-state index in [0.717, 1.165) is 0 Å². The second kappa shape index (κ2) is 2.96. The molecule has 5 heteroatoms. The fourth-order valence-corrected chi connectivity index (χ4v) is 1.16. The predicted octanol–water partition coefficient (Wildman–Crippen LogP) is 1.55. The van der Waals surface area contributed by atoms with Gasteiger partial charge in [0, 0.05) is 6.20 Å². The van der Waals surface area contributed by atoms with Crippen molar-refractivity contribution in [1.82, 2.24) is 15.0 Å². The lowest BCUT2D eigenvalue weighted by molar-refractivity contribution is 1.18. The standard InChI is InChI=1S/C8H3ClN4/c9-7-6-1-5(2-10)3-11-8(6)13-4-12-7/h1,3-4H. The summed E-state index contributed by atoms with van der Waals surface area (Å²) in [4.78, 5) is 11.6. The van der Waals surface area contributed by atoms with Crippen LogP contribution in [0.4, 0.5) is 0 Å². The smallest absolute Gasteiger partial charge is 0.164 e. The van der Waals surface area contributed by atoms with Gasteiger partial charge in [0.25, 0.3) is 0 Å². The summed E-state index contributed by atoms with van der Waals surface area (Å²) < 4.78 is 0. The lowest BCUT2D eigenvalue weighted by atomic mass is 10.2. The predicted molar refractivity (Wildman–Crippen MR) is 47.1 cm³/mol. The molecule has 0 unspecified atom stereocenters. The molecule has 0 amide bonds. The zero-order valence-corrected chi connectivity index (χ0v) is 7.15. The average Bonchev–Trinajstić information content (AvgIpc) is 2.18. The maximum atomic E-state index is 8.61. The van der Waals surface area contributed by atoms with Crippen LogP contribution in [0.2, 0.25) is 5.15 Å². The van der Waals surface area contributed by atoms with E-state index in [4.69, 9.17) is 16.9 Å². The van der Waals surface area contributed by atoms with E-state index in [0.29, 0.717) is 21.7 Å². The monoisotopic (exact) mass is 190 g/mol. The van der Waals surface area contributed by atoms with Crippen molar-refractivity contribution in [2.75, 3.05) is 0 Å². The van der Waals surface area contributed by atoms with Crippen LogP contribution in [0.3, 0.4) is 0 Å². The maximum absolute atomic E-state index is 8.61. The van der Waals surface area contributed by atoms with Gasteiger partial charge in [-0.3, -0.25) is 0 Å². The van der Waals surface area contributed by atoms with Crippen LogP contribution in [0.1, 0.15) is 5.56 Å². The number of rotatable bonds is 0. The Kier molecular flexibility index (Phi) is 1.80. The van der Waals surface area contributed by atoms with Crippen molar-refractivity contribution in [2.24, 2.45) is 0 Å².